The molecule has 0 atom stereocenters. The van der Waals surface area contributed by atoms with Crippen molar-refractivity contribution in [3.8, 4) is 0 Å². The molecule has 0 N–H and O–H groups in total. The lowest BCUT2D eigenvalue weighted by Crippen LogP contribution is -2.41. The average Bonchev–Trinajstić information content (AvgIpc) is 2.80. The van der Waals surface area contributed by atoms with Gasteiger partial charge in [-0.1, -0.05) is 0 Å². The highest BCUT2D eigenvalue weighted by Gasteiger charge is 2.52. The zero-order valence-electron chi connectivity index (χ0n) is 13.4. The molecule has 3 rings (SSSR count). The van der Waals surface area contributed by atoms with E-state index in [0.29, 0.717) is 5.52 Å². The Morgan fingerprint density at radius 2 is 1.67 bits per heavy atom. The molecule has 1 aliphatic heterocycles. The molecule has 6 heteroatoms. The topological polar surface area (TPSA) is 44.9 Å². The highest BCUT2D eigenvalue weighted by molar-refractivity contribution is 6.61. The number of aromatic nitrogens is 2. The Morgan fingerprint density at radius 3 is 2.24 bits per heavy atom. The molecule has 2 aromatic rings. The van der Waals surface area contributed by atoms with Crippen LogP contribution < -0.4 is 11.2 Å². The van der Waals surface area contributed by atoms with Crippen LogP contribution in [0.4, 0.5) is 0 Å². The van der Waals surface area contributed by atoms with Gasteiger partial charge in [0.15, 0.2) is 0 Å². The van der Waals surface area contributed by atoms with E-state index in [1.54, 1.807) is 17.8 Å². The first kappa shape index (κ1) is 14.4. The SMILES string of the molecule is Cc1cc(B2OC(C)(C)C(C)(C)O2)n2ccn(C)c(=O)c12. The third-order valence-electron chi connectivity index (χ3n) is 4.71. The number of rotatable bonds is 1. The molecule has 0 amide bonds. The lowest BCUT2D eigenvalue weighted by molar-refractivity contribution is 0.00578. The van der Waals surface area contributed by atoms with Gasteiger partial charge >= 0.3 is 7.12 Å². The fraction of sp³-hybridized carbons (Fsp3) is 0.533. The Balaban J connectivity index is 2.16. The second-order valence-electron chi connectivity index (χ2n) is 6.77. The van der Waals surface area contributed by atoms with Crippen molar-refractivity contribution in [1.82, 2.24) is 8.97 Å². The standard InChI is InChI=1S/C15H21BN2O3/c1-10-9-11(16-20-14(2,3)15(4,5)21-16)18-8-7-17(6)13(19)12(10)18/h7-9H,1-6H3. The summed E-state index contributed by atoms with van der Waals surface area (Å²) < 4.78 is 15.6. The van der Waals surface area contributed by atoms with Gasteiger partial charge in [-0.2, -0.15) is 0 Å². The highest BCUT2D eigenvalue weighted by atomic mass is 16.7. The van der Waals surface area contributed by atoms with Gasteiger partial charge in [0.25, 0.3) is 5.56 Å². The smallest absolute Gasteiger partial charge is 0.398 e. The molecule has 21 heavy (non-hydrogen) atoms. The summed E-state index contributed by atoms with van der Waals surface area (Å²) in [6.45, 7) is 10.0. The van der Waals surface area contributed by atoms with Crippen LogP contribution in [0.2, 0.25) is 0 Å². The van der Waals surface area contributed by atoms with Gasteiger partial charge in [0.1, 0.15) is 5.52 Å². The molecule has 0 saturated carbocycles. The van der Waals surface area contributed by atoms with Crippen molar-refractivity contribution in [2.75, 3.05) is 0 Å². The van der Waals surface area contributed by atoms with Crippen LogP contribution in [-0.4, -0.2) is 27.3 Å². The van der Waals surface area contributed by atoms with Crippen LogP contribution in [0.25, 0.3) is 5.52 Å². The zero-order chi connectivity index (χ0) is 15.6. The summed E-state index contributed by atoms with van der Waals surface area (Å²) in [7, 11) is 1.28. The fourth-order valence-electron chi connectivity index (χ4n) is 2.66. The number of hydrogen-bond acceptors (Lipinski definition) is 3. The summed E-state index contributed by atoms with van der Waals surface area (Å²) >= 11 is 0. The largest absolute Gasteiger partial charge is 0.512 e. The molecular formula is C15H21BN2O3. The molecule has 0 aliphatic carbocycles. The van der Waals surface area contributed by atoms with Gasteiger partial charge in [0.2, 0.25) is 0 Å². The number of aryl methyl sites for hydroxylation is 2. The lowest BCUT2D eigenvalue weighted by Gasteiger charge is -2.32. The van der Waals surface area contributed by atoms with Crippen molar-refractivity contribution in [2.45, 2.75) is 45.8 Å². The van der Waals surface area contributed by atoms with E-state index in [2.05, 4.69) is 0 Å². The van der Waals surface area contributed by atoms with Gasteiger partial charge in [0.05, 0.1) is 16.8 Å². The van der Waals surface area contributed by atoms with Crippen LogP contribution in [0.1, 0.15) is 33.3 Å². The molecule has 112 valence electrons. The van der Waals surface area contributed by atoms with E-state index in [9.17, 15) is 4.79 Å². The van der Waals surface area contributed by atoms with Gasteiger partial charge in [-0.25, -0.2) is 0 Å². The first-order valence-corrected chi connectivity index (χ1v) is 7.17. The van der Waals surface area contributed by atoms with Crippen molar-refractivity contribution < 1.29 is 9.31 Å². The zero-order valence-corrected chi connectivity index (χ0v) is 13.4. The predicted molar refractivity (Wildman–Crippen MR) is 83.1 cm³/mol. The van der Waals surface area contributed by atoms with Crippen LogP contribution in [0.15, 0.2) is 23.3 Å². The Kier molecular flexibility index (Phi) is 2.91. The van der Waals surface area contributed by atoms with Gasteiger partial charge in [-0.05, 0) is 46.2 Å². The molecule has 1 aliphatic rings. The minimum atomic E-state index is -0.469. The van der Waals surface area contributed by atoms with Gasteiger partial charge in [0, 0.05) is 19.4 Å². The van der Waals surface area contributed by atoms with Crippen molar-refractivity contribution in [3.05, 3.63) is 34.4 Å². The molecule has 1 fully saturated rings. The van der Waals surface area contributed by atoms with E-state index >= 15 is 0 Å². The van der Waals surface area contributed by atoms with Crippen LogP contribution in [-0.2, 0) is 16.4 Å². The summed E-state index contributed by atoms with van der Waals surface area (Å²) in [5.74, 6) is 0. The average molecular weight is 288 g/mol. The quantitative estimate of drug-likeness (QED) is 0.742. The fourth-order valence-corrected chi connectivity index (χ4v) is 2.66. The molecule has 0 aromatic carbocycles. The van der Waals surface area contributed by atoms with Crippen LogP contribution in [0.3, 0.4) is 0 Å². The lowest BCUT2D eigenvalue weighted by atomic mass is 9.84. The Morgan fingerprint density at radius 1 is 1.10 bits per heavy atom. The van der Waals surface area contributed by atoms with E-state index in [4.69, 9.17) is 9.31 Å². The minimum Gasteiger partial charge on any atom is -0.398 e. The summed E-state index contributed by atoms with van der Waals surface area (Å²) in [5.41, 5.74) is 1.66. The summed E-state index contributed by atoms with van der Waals surface area (Å²) in [5, 5.41) is 0. The first-order chi connectivity index (χ1) is 9.64. The minimum absolute atomic E-state index is 0.0160. The van der Waals surface area contributed by atoms with Crippen LogP contribution >= 0.6 is 0 Å². The van der Waals surface area contributed by atoms with Crippen LogP contribution in [0.5, 0.6) is 0 Å². The molecule has 0 radical (unpaired) electrons. The third-order valence-corrected chi connectivity index (χ3v) is 4.71. The Labute approximate surface area is 124 Å². The normalized spacial score (nSPS) is 20.4. The number of fused-ring (bicyclic) bond motifs is 1. The predicted octanol–water partition coefficient (Wildman–Crippen LogP) is 1.25. The molecule has 3 heterocycles. The maximum atomic E-state index is 12.3. The molecule has 2 aromatic heterocycles. The maximum absolute atomic E-state index is 12.3. The molecular weight excluding hydrogens is 267 g/mol. The second kappa shape index (κ2) is 4.24. The van der Waals surface area contributed by atoms with Crippen molar-refractivity contribution in [3.63, 3.8) is 0 Å². The van der Waals surface area contributed by atoms with Gasteiger partial charge in [-0.15, -0.1) is 0 Å². The number of nitrogens with zero attached hydrogens (tertiary/aromatic N) is 2. The monoisotopic (exact) mass is 288 g/mol. The third kappa shape index (κ3) is 1.97. The summed E-state index contributed by atoms with van der Waals surface area (Å²) in [6, 6.07) is 1.97. The Hall–Kier alpha value is -1.53. The van der Waals surface area contributed by atoms with Crippen molar-refractivity contribution >= 4 is 18.2 Å². The van der Waals surface area contributed by atoms with E-state index < -0.39 is 18.3 Å². The van der Waals surface area contributed by atoms with E-state index in [-0.39, 0.29) is 5.56 Å². The molecule has 0 unspecified atom stereocenters. The summed E-state index contributed by atoms with van der Waals surface area (Å²) in [6.07, 6.45) is 3.63. The number of hydrogen-bond donors (Lipinski definition) is 0. The second-order valence-corrected chi connectivity index (χ2v) is 6.77. The maximum Gasteiger partial charge on any atom is 0.512 e. The van der Waals surface area contributed by atoms with Crippen LogP contribution in [0, 0.1) is 6.92 Å². The first-order valence-electron chi connectivity index (χ1n) is 7.17. The van der Waals surface area contributed by atoms with Crippen molar-refractivity contribution in [1.29, 1.82) is 0 Å². The molecule has 0 spiro atoms. The van der Waals surface area contributed by atoms with E-state index in [1.165, 1.54) is 0 Å². The Bertz CT molecular complexity index is 757. The molecule has 0 bridgehead atoms. The van der Waals surface area contributed by atoms with E-state index in [0.717, 1.165) is 11.2 Å². The molecule has 1 saturated heterocycles. The summed E-state index contributed by atoms with van der Waals surface area (Å²) in [4.78, 5) is 12.3. The van der Waals surface area contributed by atoms with Gasteiger partial charge < -0.3 is 18.3 Å². The van der Waals surface area contributed by atoms with E-state index in [1.807, 2.05) is 51.3 Å². The highest BCUT2D eigenvalue weighted by Crippen LogP contribution is 2.36. The molecule has 5 nitrogen and oxygen atoms in total. The van der Waals surface area contributed by atoms with Gasteiger partial charge in [-0.3, -0.25) is 4.79 Å². The van der Waals surface area contributed by atoms with Crippen molar-refractivity contribution in [2.24, 2.45) is 7.05 Å².